The van der Waals surface area contributed by atoms with E-state index in [1.807, 2.05) is 0 Å². The van der Waals surface area contributed by atoms with Crippen LogP contribution in [0.5, 0.6) is 0 Å². The number of alkyl halides is 1. The van der Waals surface area contributed by atoms with Crippen molar-refractivity contribution in [2.75, 3.05) is 6.67 Å². The van der Waals surface area contributed by atoms with Crippen LogP contribution >= 0.6 is 0 Å². The fourth-order valence-corrected chi connectivity index (χ4v) is 1.07. The lowest BCUT2D eigenvalue weighted by atomic mass is 10.1. The fraction of sp³-hybridized carbons (Fsp3) is 0.250. The third-order valence-electron chi connectivity index (χ3n) is 1.75. The van der Waals surface area contributed by atoms with E-state index < -0.39 is 29.1 Å². The van der Waals surface area contributed by atoms with E-state index in [4.69, 9.17) is 5.73 Å². The molecule has 0 amide bonds. The van der Waals surface area contributed by atoms with Crippen molar-refractivity contribution < 1.29 is 13.7 Å². The molecule has 6 heteroatoms. The summed E-state index contributed by atoms with van der Waals surface area (Å²) in [6.45, 7) is -0.924. The fourth-order valence-electron chi connectivity index (χ4n) is 1.07. The van der Waals surface area contributed by atoms with Crippen molar-refractivity contribution in [3.05, 3.63) is 39.7 Å². The highest BCUT2D eigenvalue weighted by atomic mass is 19.1. The molecule has 0 saturated carbocycles. The number of hydrogen-bond acceptors (Lipinski definition) is 3. The highest BCUT2D eigenvalue weighted by molar-refractivity contribution is 5.42. The summed E-state index contributed by atoms with van der Waals surface area (Å²) in [7, 11) is 0. The molecule has 0 unspecified atom stereocenters. The second-order valence-electron chi connectivity index (χ2n) is 2.72. The first-order valence-electron chi connectivity index (χ1n) is 3.81. The van der Waals surface area contributed by atoms with E-state index in [1.165, 1.54) is 0 Å². The first-order valence-corrected chi connectivity index (χ1v) is 3.81. The van der Waals surface area contributed by atoms with Crippen molar-refractivity contribution in [3.8, 4) is 0 Å². The van der Waals surface area contributed by atoms with Crippen LogP contribution in [0, 0.1) is 15.9 Å². The molecule has 14 heavy (non-hydrogen) atoms. The van der Waals surface area contributed by atoms with Crippen molar-refractivity contribution in [2.45, 2.75) is 6.04 Å². The summed E-state index contributed by atoms with van der Waals surface area (Å²) in [5.74, 6) is -0.744. The van der Waals surface area contributed by atoms with Crippen LogP contribution in [0.4, 0.5) is 14.5 Å². The van der Waals surface area contributed by atoms with Gasteiger partial charge in [-0.25, -0.2) is 8.78 Å². The van der Waals surface area contributed by atoms with Gasteiger partial charge in [-0.1, -0.05) is 0 Å². The molecule has 0 fully saturated rings. The molecule has 76 valence electrons. The highest BCUT2D eigenvalue weighted by Gasteiger charge is 2.19. The average Bonchev–Trinajstić information content (AvgIpc) is 2.16. The van der Waals surface area contributed by atoms with Gasteiger partial charge in [0.25, 0.3) is 5.69 Å². The normalized spacial score (nSPS) is 12.5. The molecular formula is C8H8F2N2O2. The van der Waals surface area contributed by atoms with Crippen molar-refractivity contribution in [1.29, 1.82) is 0 Å². The van der Waals surface area contributed by atoms with E-state index >= 15 is 0 Å². The Kier molecular flexibility index (Phi) is 3.08. The lowest BCUT2D eigenvalue weighted by molar-refractivity contribution is -0.385. The van der Waals surface area contributed by atoms with Crippen LogP contribution in [0.25, 0.3) is 0 Å². The van der Waals surface area contributed by atoms with E-state index in [9.17, 15) is 18.9 Å². The molecule has 0 radical (unpaired) electrons. The van der Waals surface area contributed by atoms with E-state index in [2.05, 4.69) is 0 Å². The van der Waals surface area contributed by atoms with Gasteiger partial charge in [0.1, 0.15) is 12.5 Å². The number of nitro groups is 1. The zero-order valence-corrected chi connectivity index (χ0v) is 7.11. The predicted octanol–water partition coefficient (Wildman–Crippen LogP) is 1.70. The molecule has 0 bridgehead atoms. The molecule has 0 aliphatic rings. The molecule has 0 aliphatic heterocycles. The van der Waals surface area contributed by atoms with Gasteiger partial charge < -0.3 is 5.73 Å². The first kappa shape index (κ1) is 10.5. The standard InChI is InChI=1S/C8H8F2N2O2/c9-4-7(11)6-2-1-5(10)3-8(6)12(13)14/h1-3,7H,4,11H2/t7-/m0/s1. The number of rotatable bonds is 3. The van der Waals surface area contributed by atoms with Crippen LogP contribution in [0.3, 0.4) is 0 Å². The molecule has 0 aromatic heterocycles. The lowest BCUT2D eigenvalue weighted by Crippen LogP contribution is -2.14. The summed E-state index contributed by atoms with van der Waals surface area (Å²) in [5, 5.41) is 10.5. The first-order chi connectivity index (χ1) is 6.56. The van der Waals surface area contributed by atoms with Crippen molar-refractivity contribution in [3.63, 3.8) is 0 Å². The summed E-state index contributed by atoms with van der Waals surface area (Å²) in [6.07, 6.45) is 0. The quantitative estimate of drug-likeness (QED) is 0.599. The van der Waals surface area contributed by atoms with E-state index in [0.717, 1.165) is 18.2 Å². The van der Waals surface area contributed by atoms with Gasteiger partial charge in [0.2, 0.25) is 0 Å². The Hall–Kier alpha value is -1.56. The maximum absolute atomic E-state index is 12.6. The summed E-state index contributed by atoms with van der Waals surface area (Å²) in [4.78, 5) is 9.67. The Morgan fingerprint density at radius 2 is 2.21 bits per heavy atom. The number of benzene rings is 1. The van der Waals surface area contributed by atoms with Gasteiger partial charge in [0.15, 0.2) is 0 Å². The third kappa shape index (κ3) is 2.02. The summed E-state index contributed by atoms with van der Waals surface area (Å²) in [5.41, 5.74) is 4.79. The third-order valence-corrected chi connectivity index (χ3v) is 1.75. The zero-order chi connectivity index (χ0) is 10.7. The Labute approximate surface area is 78.5 Å². The van der Waals surface area contributed by atoms with Gasteiger partial charge in [-0.2, -0.15) is 0 Å². The van der Waals surface area contributed by atoms with E-state index in [1.54, 1.807) is 0 Å². The molecule has 1 aromatic rings. The Bertz CT molecular complexity index is 357. The van der Waals surface area contributed by atoms with E-state index in [0.29, 0.717) is 0 Å². The number of halogens is 2. The number of nitrogens with zero attached hydrogens (tertiary/aromatic N) is 1. The van der Waals surface area contributed by atoms with Gasteiger partial charge >= 0.3 is 0 Å². The van der Waals surface area contributed by atoms with Crippen molar-refractivity contribution >= 4 is 5.69 Å². The van der Waals surface area contributed by atoms with Crippen LogP contribution in [0.15, 0.2) is 18.2 Å². The van der Waals surface area contributed by atoms with Crippen molar-refractivity contribution in [2.24, 2.45) is 5.73 Å². The van der Waals surface area contributed by atoms with E-state index in [-0.39, 0.29) is 5.56 Å². The summed E-state index contributed by atoms with van der Waals surface area (Å²) < 4.78 is 24.8. The molecule has 1 rings (SSSR count). The van der Waals surface area contributed by atoms with Gasteiger partial charge in [-0.15, -0.1) is 0 Å². The van der Waals surface area contributed by atoms with Crippen LogP contribution in [0.2, 0.25) is 0 Å². The van der Waals surface area contributed by atoms with Crippen LogP contribution in [-0.4, -0.2) is 11.6 Å². The molecule has 1 aromatic carbocycles. The minimum absolute atomic E-state index is 0.00102. The number of nitro benzene ring substituents is 1. The zero-order valence-electron chi connectivity index (χ0n) is 7.11. The molecule has 1 atom stereocenters. The van der Waals surface area contributed by atoms with Crippen LogP contribution in [0.1, 0.15) is 11.6 Å². The molecule has 0 spiro atoms. The highest BCUT2D eigenvalue weighted by Crippen LogP contribution is 2.24. The SMILES string of the molecule is N[C@@H](CF)c1ccc(F)cc1[N+](=O)[O-]. The monoisotopic (exact) mass is 202 g/mol. The second kappa shape index (κ2) is 4.10. The number of hydrogen-bond donors (Lipinski definition) is 1. The number of nitrogens with two attached hydrogens (primary N) is 1. The molecule has 2 N–H and O–H groups in total. The average molecular weight is 202 g/mol. The Morgan fingerprint density at radius 3 is 2.71 bits per heavy atom. The van der Waals surface area contributed by atoms with Gasteiger partial charge in [0.05, 0.1) is 17.0 Å². The van der Waals surface area contributed by atoms with Gasteiger partial charge in [-0.05, 0) is 12.1 Å². The Morgan fingerprint density at radius 1 is 1.57 bits per heavy atom. The molecule has 0 heterocycles. The maximum atomic E-state index is 12.6. The van der Waals surface area contributed by atoms with Crippen molar-refractivity contribution in [1.82, 2.24) is 0 Å². The predicted molar refractivity (Wildman–Crippen MR) is 46.0 cm³/mol. The minimum Gasteiger partial charge on any atom is -0.322 e. The van der Waals surface area contributed by atoms with Crippen LogP contribution < -0.4 is 5.73 Å². The van der Waals surface area contributed by atoms with Gasteiger partial charge in [0, 0.05) is 5.56 Å². The molecule has 0 saturated heterocycles. The van der Waals surface area contributed by atoms with Gasteiger partial charge in [-0.3, -0.25) is 10.1 Å². The maximum Gasteiger partial charge on any atom is 0.277 e. The lowest BCUT2D eigenvalue weighted by Gasteiger charge is -2.07. The molecule has 4 nitrogen and oxygen atoms in total. The Balaban J connectivity index is 3.21. The molecular weight excluding hydrogens is 194 g/mol. The largest absolute Gasteiger partial charge is 0.322 e. The second-order valence-corrected chi connectivity index (χ2v) is 2.72. The topological polar surface area (TPSA) is 69.2 Å². The van der Waals surface area contributed by atoms with Crippen LogP contribution in [-0.2, 0) is 0 Å². The minimum atomic E-state index is -1.09. The summed E-state index contributed by atoms with van der Waals surface area (Å²) in [6, 6.07) is 1.77. The molecule has 0 aliphatic carbocycles. The summed E-state index contributed by atoms with van der Waals surface area (Å²) >= 11 is 0. The smallest absolute Gasteiger partial charge is 0.277 e.